The quantitative estimate of drug-likeness (QED) is 0.884. The molecule has 0 aliphatic heterocycles. The van der Waals surface area contributed by atoms with Gasteiger partial charge in [0.05, 0.1) is 5.69 Å². The van der Waals surface area contributed by atoms with E-state index in [2.05, 4.69) is 31.0 Å². The third-order valence-corrected chi connectivity index (χ3v) is 5.18. The van der Waals surface area contributed by atoms with Gasteiger partial charge in [-0.15, -0.1) is 0 Å². The van der Waals surface area contributed by atoms with Crippen molar-refractivity contribution in [2.24, 2.45) is 0 Å². The third-order valence-electron chi connectivity index (χ3n) is 2.73. The first-order valence-electron chi connectivity index (χ1n) is 5.86. The zero-order valence-corrected chi connectivity index (χ0v) is 13.4. The van der Waals surface area contributed by atoms with Crippen molar-refractivity contribution < 1.29 is 8.42 Å². The molecule has 0 atom stereocenters. The molecule has 0 spiro atoms. The lowest BCUT2D eigenvalue weighted by Crippen LogP contribution is -2.15. The highest BCUT2D eigenvalue weighted by Gasteiger charge is 2.20. The standard InChI is InChI=1S/C13H14BrN3O2S/c1-9-5-3-6-10(12(9)14)17-20(18,19)11-7-4-8-16-13(11)15-2/h3-8,17H,1-2H3,(H,15,16). The number of anilines is 2. The first-order chi connectivity index (χ1) is 9.45. The number of pyridine rings is 1. The summed E-state index contributed by atoms with van der Waals surface area (Å²) in [5.41, 5.74) is 1.45. The van der Waals surface area contributed by atoms with E-state index in [0.29, 0.717) is 11.5 Å². The Morgan fingerprint density at radius 2 is 1.95 bits per heavy atom. The van der Waals surface area contributed by atoms with Gasteiger partial charge in [-0.3, -0.25) is 4.72 Å². The van der Waals surface area contributed by atoms with Crippen LogP contribution in [0.25, 0.3) is 0 Å². The van der Waals surface area contributed by atoms with Gasteiger partial charge in [0, 0.05) is 17.7 Å². The van der Waals surface area contributed by atoms with Crippen molar-refractivity contribution in [1.82, 2.24) is 4.98 Å². The van der Waals surface area contributed by atoms with Gasteiger partial charge in [0.1, 0.15) is 10.7 Å². The van der Waals surface area contributed by atoms with Crippen LogP contribution in [0, 0.1) is 6.92 Å². The fourth-order valence-electron chi connectivity index (χ4n) is 1.72. The Kier molecular flexibility index (Phi) is 4.29. The third kappa shape index (κ3) is 2.94. The highest BCUT2D eigenvalue weighted by atomic mass is 79.9. The van der Waals surface area contributed by atoms with E-state index in [0.717, 1.165) is 10.0 Å². The van der Waals surface area contributed by atoms with Crippen molar-refractivity contribution in [3.63, 3.8) is 0 Å². The number of nitrogens with zero attached hydrogens (tertiary/aromatic N) is 1. The summed E-state index contributed by atoms with van der Waals surface area (Å²) in [6.07, 6.45) is 1.54. The number of aryl methyl sites for hydroxylation is 1. The SMILES string of the molecule is CNc1ncccc1S(=O)(=O)Nc1cccc(C)c1Br. The van der Waals surface area contributed by atoms with Crippen LogP contribution in [0.15, 0.2) is 45.9 Å². The predicted molar refractivity (Wildman–Crippen MR) is 83.5 cm³/mol. The fourth-order valence-corrected chi connectivity index (χ4v) is 3.45. The van der Waals surface area contributed by atoms with Crippen molar-refractivity contribution in [2.45, 2.75) is 11.8 Å². The molecule has 2 rings (SSSR count). The number of halogens is 1. The summed E-state index contributed by atoms with van der Waals surface area (Å²) in [6, 6.07) is 8.47. The molecule has 106 valence electrons. The number of hydrogen-bond acceptors (Lipinski definition) is 4. The van der Waals surface area contributed by atoms with E-state index in [4.69, 9.17) is 0 Å². The lowest BCUT2D eigenvalue weighted by molar-refractivity contribution is 0.601. The Morgan fingerprint density at radius 1 is 1.20 bits per heavy atom. The Balaban J connectivity index is 2.44. The summed E-state index contributed by atoms with van der Waals surface area (Å²) in [5, 5.41) is 2.77. The van der Waals surface area contributed by atoms with Crippen LogP contribution in [0.3, 0.4) is 0 Å². The van der Waals surface area contributed by atoms with Crippen LogP contribution in [0.2, 0.25) is 0 Å². The Hall–Kier alpha value is -1.60. The molecule has 0 saturated heterocycles. The molecular formula is C13H14BrN3O2S. The van der Waals surface area contributed by atoms with Crippen molar-refractivity contribution in [2.75, 3.05) is 17.1 Å². The lowest BCUT2D eigenvalue weighted by atomic mass is 10.2. The first kappa shape index (κ1) is 14.8. The summed E-state index contributed by atoms with van der Waals surface area (Å²) in [7, 11) is -2.07. The van der Waals surface area contributed by atoms with Crippen LogP contribution >= 0.6 is 15.9 Å². The minimum atomic E-state index is -3.70. The Labute approximate surface area is 126 Å². The number of hydrogen-bond donors (Lipinski definition) is 2. The maximum Gasteiger partial charge on any atom is 0.265 e. The fraction of sp³-hybridized carbons (Fsp3) is 0.154. The molecule has 5 nitrogen and oxygen atoms in total. The van der Waals surface area contributed by atoms with Crippen LogP contribution in [-0.4, -0.2) is 20.4 Å². The van der Waals surface area contributed by atoms with Crippen molar-refractivity contribution in [3.8, 4) is 0 Å². The Morgan fingerprint density at radius 3 is 2.65 bits per heavy atom. The molecular weight excluding hydrogens is 342 g/mol. The summed E-state index contributed by atoms with van der Waals surface area (Å²) in [5.74, 6) is 0.309. The van der Waals surface area contributed by atoms with Crippen LogP contribution < -0.4 is 10.0 Å². The van der Waals surface area contributed by atoms with Gasteiger partial charge in [-0.2, -0.15) is 0 Å². The maximum absolute atomic E-state index is 12.4. The maximum atomic E-state index is 12.4. The molecule has 1 heterocycles. The number of benzene rings is 1. The second kappa shape index (κ2) is 5.80. The molecule has 0 radical (unpaired) electrons. The molecule has 0 aliphatic rings. The first-order valence-corrected chi connectivity index (χ1v) is 8.14. The predicted octanol–water partition coefficient (Wildman–Crippen LogP) is 3.00. The van der Waals surface area contributed by atoms with Gasteiger partial charge >= 0.3 is 0 Å². The van der Waals surface area contributed by atoms with Crippen LogP contribution in [0.1, 0.15) is 5.56 Å². The van der Waals surface area contributed by atoms with Gasteiger partial charge in [-0.25, -0.2) is 13.4 Å². The van der Waals surface area contributed by atoms with Crippen molar-refractivity contribution in [1.29, 1.82) is 0 Å². The van der Waals surface area contributed by atoms with E-state index in [1.807, 2.05) is 13.0 Å². The van der Waals surface area contributed by atoms with Crippen molar-refractivity contribution >= 4 is 37.5 Å². The molecule has 1 aromatic carbocycles. The van der Waals surface area contributed by atoms with E-state index in [1.54, 1.807) is 25.2 Å². The second-order valence-corrected chi connectivity index (χ2v) is 6.59. The molecule has 20 heavy (non-hydrogen) atoms. The zero-order valence-electron chi connectivity index (χ0n) is 11.0. The highest BCUT2D eigenvalue weighted by Crippen LogP contribution is 2.29. The van der Waals surface area contributed by atoms with E-state index in [-0.39, 0.29) is 4.90 Å². The van der Waals surface area contributed by atoms with Gasteiger partial charge < -0.3 is 5.32 Å². The molecule has 2 aromatic rings. The molecule has 0 saturated carbocycles. The molecule has 1 aromatic heterocycles. The van der Waals surface area contributed by atoms with Gasteiger partial charge in [-0.1, -0.05) is 12.1 Å². The molecule has 0 bridgehead atoms. The summed E-state index contributed by atoms with van der Waals surface area (Å²) in [6.45, 7) is 1.89. The minimum absolute atomic E-state index is 0.107. The highest BCUT2D eigenvalue weighted by molar-refractivity contribution is 9.10. The number of nitrogens with one attached hydrogen (secondary N) is 2. The van der Waals surface area contributed by atoms with E-state index in [1.165, 1.54) is 12.3 Å². The average Bonchev–Trinajstić information content (AvgIpc) is 2.43. The number of aromatic nitrogens is 1. The van der Waals surface area contributed by atoms with E-state index >= 15 is 0 Å². The number of rotatable bonds is 4. The topological polar surface area (TPSA) is 71.1 Å². The van der Waals surface area contributed by atoms with Crippen LogP contribution in [-0.2, 0) is 10.0 Å². The van der Waals surface area contributed by atoms with Crippen LogP contribution in [0.5, 0.6) is 0 Å². The van der Waals surface area contributed by atoms with Gasteiger partial charge in [0.2, 0.25) is 0 Å². The minimum Gasteiger partial charge on any atom is -0.372 e. The van der Waals surface area contributed by atoms with E-state index in [9.17, 15) is 8.42 Å². The molecule has 0 amide bonds. The van der Waals surface area contributed by atoms with E-state index < -0.39 is 10.0 Å². The monoisotopic (exact) mass is 355 g/mol. The normalized spacial score (nSPS) is 11.2. The van der Waals surface area contributed by atoms with Crippen molar-refractivity contribution in [3.05, 3.63) is 46.6 Å². The summed E-state index contributed by atoms with van der Waals surface area (Å²) < 4.78 is 28.2. The molecule has 2 N–H and O–H groups in total. The summed E-state index contributed by atoms with van der Waals surface area (Å²) in [4.78, 5) is 4.11. The lowest BCUT2D eigenvalue weighted by Gasteiger charge is -2.13. The largest absolute Gasteiger partial charge is 0.372 e. The number of sulfonamides is 1. The Bertz CT molecular complexity index is 732. The average molecular weight is 356 g/mol. The van der Waals surface area contributed by atoms with Crippen LogP contribution in [0.4, 0.5) is 11.5 Å². The molecule has 0 aliphatic carbocycles. The smallest absolute Gasteiger partial charge is 0.265 e. The molecule has 0 unspecified atom stereocenters. The molecule has 0 fully saturated rings. The van der Waals surface area contributed by atoms with Gasteiger partial charge in [-0.05, 0) is 46.6 Å². The zero-order chi connectivity index (χ0) is 14.8. The second-order valence-electron chi connectivity index (χ2n) is 4.14. The summed E-state index contributed by atoms with van der Waals surface area (Å²) >= 11 is 3.38. The van der Waals surface area contributed by atoms with Gasteiger partial charge in [0.15, 0.2) is 0 Å². The molecule has 7 heteroatoms. The van der Waals surface area contributed by atoms with Gasteiger partial charge in [0.25, 0.3) is 10.0 Å².